The Morgan fingerprint density at radius 3 is 2.30 bits per heavy atom. The smallest absolute Gasteiger partial charge is 0.255 e. The topological polar surface area (TPSA) is 58.2 Å². The van der Waals surface area contributed by atoms with Gasteiger partial charge in [-0.05, 0) is 42.5 Å². The largest absolute Gasteiger partial charge is 0.326 e. The fourth-order valence-corrected chi connectivity index (χ4v) is 1.94. The van der Waals surface area contributed by atoms with Gasteiger partial charge in [-0.3, -0.25) is 9.59 Å². The Balaban J connectivity index is 2.12. The number of amides is 2. The first-order valence-electron chi connectivity index (χ1n) is 5.99. The van der Waals surface area contributed by atoms with Gasteiger partial charge in [-0.15, -0.1) is 0 Å². The standard InChI is InChI=1S/C15H13BrN2O2/c1-10(19)17-14-4-2-3-11(9-14)15(20)18-13-7-5-12(16)6-8-13/h2-9H,1H3,(H,17,19)(H,18,20). The molecule has 0 atom stereocenters. The molecule has 0 aromatic heterocycles. The van der Waals surface area contributed by atoms with E-state index < -0.39 is 0 Å². The number of nitrogens with one attached hydrogen (secondary N) is 2. The zero-order chi connectivity index (χ0) is 14.5. The van der Waals surface area contributed by atoms with Crippen LogP contribution in [0.1, 0.15) is 17.3 Å². The minimum Gasteiger partial charge on any atom is -0.326 e. The molecule has 2 aromatic carbocycles. The highest BCUT2D eigenvalue weighted by Crippen LogP contribution is 2.16. The first-order chi connectivity index (χ1) is 9.54. The van der Waals surface area contributed by atoms with E-state index in [1.165, 1.54) is 6.92 Å². The molecule has 0 aliphatic heterocycles. The summed E-state index contributed by atoms with van der Waals surface area (Å²) >= 11 is 3.34. The van der Waals surface area contributed by atoms with Crippen LogP contribution in [-0.2, 0) is 4.79 Å². The van der Waals surface area contributed by atoms with E-state index in [0.717, 1.165) is 4.47 Å². The summed E-state index contributed by atoms with van der Waals surface area (Å²) in [5, 5.41) is 5.44. The van der Waals surface area contributed by atoms with Crippen LogP contribution in [0, 0.1) is 0 Å². The number of anilines is 2. The van der Waals surface area contributed by atoms with Crippen molar-refractivity contribution in [3.05, 3.63) is 58.6 Å². The summed E-state index contributed by atoms with van der Waals surface area (Å²) in [6.45, 7) is 1.43. The lowest BCUT2D eigenvalue weighted by Gasteiger charge is -2.07. The van der Waals surface area contributed by atoms with E-state index in [4.69, 9.17) is 0 Å². The van der Waals surface area contributed by atoms with Gasteiger partial charge in [-0.25, -0.2) is 0 Å². The van der Waals surface area contributed by atoms with E-state index in [-0.39, 0.29) is 11.8 Å². The molecule has 4 nitrogen and oxygen atoms in total. The van der Waals surface area contributed by atoms with Gasteiger partial charge in [0.1, 0.15) is 0 Å². The SMILES string of the molecule is CC(=O)Nc1cccc(C(=O)Nc2ccc(Br)cc2)c1. The summed E-state index contributed by atoms with van der Waals surface area (Å²) < 4.78 is 0.947. The first-order valence-corrected chi connectivity index (χ1v) is 6.78. The van der Waals surface area contributed by atoms with Gasteiger partial charge in [0.25, 0.3) is 5.91 Å². The number of hydrogen-bond acceptors (Lipinski definition) is 2. The summed E-state index contributed by atoms with van der Waals surface area (Å²) in [6, 6.07) is 14.1. The maximum absolute atomic E-state index is 12.1. The number of halogens is 1. The van der Waals surface area contributed by atoms with Crippen LogP contribution >= 0.6 is 15.9 Å². The number of rotatable bonds is 3. The highest BCUT2D eigenvalue weighted by Gasteiger charge is 2.07. The summed E-state index contributed by atoms with van der Waals surface area (Å²) in [4.78, 5) is 23.1. The van der Waals surface area contributed by atoms with Crippen molar-refractivity contribution in [3.63, 3.8) is 0 Å². The molecular formula is C15H13BrN2O2. The lowest BCUT2D eigenvalue weighted by molar-refractivity contribution is -0.114. The summed E-state index contributed by atoms with van der Waals surface area (Å²) in [7, 11) is 0. The average Bonchev–Trinajstić information content (AvgIpc) is 2.41. The maximum atomic E-state index is 12.1. The molecule has 0 spiro atoms. The van der Waals surface area contributed by atoms with Crippen LogP contribution < -0.4 is 10.6 Å². The zero-order valence-corrected chi connectivity index (χ0v) is 12.4. The minimum absolute atomic E-state index is 0.171. The van der Waals surface area contributed by atoms with Gasteiger partial charge < -0.3 is 10.6 Å². The first kappa shape index (κ1) is 14.3. The Bertz CT molecular complexity index is 639. The second-order valence-corrected chi connectivity index (χ2v) is 5.14. The molecule has 5 heteroatoms. The third kappa shape index (κ3) is 3.93. The van der Waals surface area contributed by atoms with Gasteiger partial charge >= 0.3 is 0 Å². The van der Waals surface area contributed by atoms with Crippen LogP contribution in [0.25, 0.3) is 0 Å². The summed E-state index contributed by atoms with van der Waals surface area (Å²) in [6.07, 6.45) is 0. The molecule has 2 amide bonds. The van der Waals surface area contributed by atoms with Gasteiger partial charge in [-0.1, -0.05) is 22.0 Å². The van der Waals surface area contributed by atoms with Crippen molar-refractivity contribution < 1.29 is 9.59 Å². The number of carbonyl (C=O) groups is 2. The van der Waals surface area contributed by atoms with Gasteiger partial charge in [0.05, 0.1) is 0 Å². The molecule has 0 unspecified atom stereocenters. The van der Waals surface area contributed by atoms with Gasteiger partial charge in [0.2, 0.25) is 5.91 Å². The molecule has 0 aliphatic carbocycles. The Morgan fingerprint density at radius 2 is 1.65 bits per heavy atom. The molecule has 2 aromatic rings. The highest BCUT2D eigenvalue weighted by atomic mass is 79.9. The number of benzene rings is 2. The molecule has 0 heterocycles. The maximum Gasteiger partial charge on any atom is 0.255 e. The van der Waals surface area contributed by atoms with Gasteiger partial charge in [-0.2, -0.15) is 0 Å². The molecule has 0 bridgehead atoms. The molecule has 0 saturated heterocycles. The predicted molar refractivity (Wildman–Crippen MR) is 82.8 cm³/mol. The van der Waals surface area contributed by atoms with Crippen molar-refractivity contribution in [2.24, 2.45) is 0 Å². The lowest BCUT2D eigenvalue weighted by atomic mass is 10.2. The van der Waals surface area contributed by atoms with E-state index in [0.29, 0.717) is 16.9 Å². The fourth-order valence-electron chi connectivity index (χ4n) is 1.68. The molecule has 2 N–H and O–H groups in total. The lowest BCUT2D eigenvalue weighted by Crippen LogP contribution is -2.13. The van der Waals surface area contributed by atoms with Crippen LogP contribution in [0.2, 0.25) is 0 Å². The monoisotopic (exact) mass is 332 g/mol. The summed E-state index contributed by atoms with van der Waals surface area (Å²) in [5.41, 5.74) is 1.79. The molecule has 0 aliphatic rings. The Morgan fingerprint density at radius 1 is 0.950 bits per heavy atom. The average molecular weight is 333 g/mol. The molecular weight excluding hydrogens is 320 g/mol. The molecule has 20 heavy (non-hydrogen) atoms. The van der Waals surface area contributed by atoms with Crippen LogP contribution in [0.4, 0.5) is 11.4 Å². The Labute approximate surface area is 125 Å². The van der Waals surface area contributed by atoms with Crippen molar-refractivity contribution in [2.75, 3.05) is 10.6 Å². The fraction of sp³-hybridized carbons (Fsp3) is 0.0667. The van der Waals surface area contributed by atoms with E-state index in [1.807, 2.05) is 12.1 Å². The Hall–Kier alpha value is -2.14. The van der Waals surface area contributed by atoms with E-state index in [2.05, 4.69) is 26.6 Å². The number of carbonyl (C=O) groups excluding carboxylic acids is 2. The Kier molecular flexibility index (Phi) is 4.53. The van der Waals surface area contributed by atoms with Crippen LogP contribution in [0.3, 0.4) is 0 Å². The van der Waals surface area contributed by atoms with Gasteiger partial charge in [0.15, 0.2) is 0 Å². The zero-order valence-electron chi connectivity index (χ0n) is 10.8. The molecule has 0 fully saturated rings. The normalized spacial score (nSPS) is 9.90. The van der Waals surface area contributed by atoms with Crippen molar-refractivity contribution in [3.8, 4) is 0 Å². The molecule has 2 rings (SSSR count). The van der Waals surface area contributed by atoms with E-state index in [1.54, 1.807) is 36.4 Å². The summed E-state index contributed by atoms with van der Waals surface area (Å²) in [5.74, 6) is -0.394. The van der Waals surface area contributed by atoms with Crippen LogP contribution in [0.15, 0.2) is 53.0 Å². The van der Waals surface area contributed by atoms with Crippen molar-refractivity contribution in [2.45, 2.75) is 6.92 Å². The van der Waals surface area contributed by atoms with Crippen molar-refractivity contribution >= 4 is 39.1 Å². The third-order valence-corrected chi connectivity index (χ3v) is 3.08. The second-order valence-electron chi connectivity index (χ2n) is 4.22. The van der Waals surface area contributed by atoms with Crippen LogP contribution in [-0.4, -0.2) is 11.8 Å². The quantitative estimate of drug-likeness (QED) is 0.901. The van der Waals surface area contributed by atoms with Crippen LogP contribution in [0.5, 0.6) is 0 Å². The number of hydrogen-bond donors (Lipinski definition) is 2. The van der Waals surface area contributed by atoms with Crippen molar-refractivity contribution in [1.82, 2.24) is 0 Å². The van der Waals surface area contributed by atoms with E-state index >= 15 is 0 Å². The molecule has 102 valence electrons. The minimum atomic E-state index is -0.223. The molecule has 0 radical (unpaired) electrons. The van der Waals surface area contributed by atoms with E-state index in [9.17, 15) is 9.59 Å². The predicted octanol–water partition coefficient (Wildman–Crippen LogP) is 3.66. The third-order valence-electron chi connectivity index (χ3n) is 2.55. The highest BCUT2D eigenvalue weighted by molar-refractivity contribution is 9.10. The molecule has 0 saturated carbocycles. The van der Waals surface area contributed by atoms with Crippen molar-refractivity contribution in [1.29, 1.82) is 0 Å². The van der Waals surface area contributed by atoms with Gasteiger partial charge in [0, 0.05) is 28.3 Å². The second kappa shape index (κ2) is 6.34.